The summed E-state index contributed by atoms with van der Waals surface area (Å²) in [4.78, 5) is 43.9. The van der Waals surface area contributed by atoms with Gasteiger partial charge in [-0.2, -0.15) is 0 Å². The van der Waals surface area contributed by atoms with Gasteiger partial charge >= 0.3 is 0 Å². The molecule has 2 aromatic rings. The van der Waals surface area contributed by atoms with Crippen LogP contribution in [0.2, 0.25) is 0 Å². The molecular weight excluding hydrogens is 366 g/mol. The van der Waals surface area contributed by atoms with Gasteiger partial charge in [-0.3, -0.25) is 28.8 Å². The number of benzene rings is 1. The maximum atomic E-state index is 12.9. The van der Waals surface area contributed by atoms with E-state index in [0.29, 0.717) is 16.6 Å². The Labute approximate surface area is 169 Å². The average molecular weight is 391 g/mol. The zero-order chi connectivity index (χ0) is 20.4. The summed E-state index contributed by atoms with van der Waals surface area (Å²) in [5, 5.41) is 0. The molecule has 1 saturated carbocycles. The van der Waals surface area contributed by atoms with Gasteiger partial charge in [0.1, 0.15) is 5.49 Å². The van der Waals surface area contributed by atoms with Crippen molar-refractivity contribution in [1.29, 1.82) is 0 Å². The Bertz CT molecular complexity index is 997. The van der Waals surface area contributed by atoms with Crippen LogP contribution in [0.1, 0.15) is 69.6 Å². The Morgan fingerprint density at radius 1 is 1.03 bits per heavy atom. The minimum absolute atomic E-state index is 0.0619. The number of hydrogen-bond acceptors (Lipinski definition) is 4. The van der Waals surface area contributed by atoms with Crippen molar-refractivity contribution in [2.24, 2.45) is 4.99 Å². The lowest BCUT2D eigenvalue weighted by molar-refractivity contribution is 0.0644. The first-order valence-corrected chi connectivity index (χ1v) is 10.3. The van der Waals surface area contributed by atoms with Crippen molar-refractivity contribution < 1.29 is 14.4 Å². The van der Waals surface area contributed by atoms with E-state index in [9.17, 15) is 14.4 Å². The number of carbonyl (C=O) groups is 3. The quantitative estimate of drug-likeness (QED) is 0.751. The number of aromatic nitrogens is 1. The molecule has 0 spiro atoms. The highest BCUT2D eigenvalue weighted by atomic mass is 16.2. The van der Waals surface area contributed by atoms with Gasteiger partial charge in [-0.05, 0) is 49.6 Å². The van der Waals surface area contributed by atoms with Gasteiger partial charge in [0, 0.05) is 19.2 Å². The number of aryl methyl sites for hydroxylation is 1. The maximum absolute atomic E-state index is 12.9. The zero-order valence-electron chi connectivity index (χ0n) is 16.6. The molecule has 0 atom stereocenters. The summed E-state index contributed by atoms with van der Waals surface area (Å²) in [6.45, 7) is 2.04. The molecule has 1 fully saturated rings. The van der Waals surface area contributed by atoms with Crippen LogP contribution in [0.15, 0.2) is 47.6 Å². The molecule has 2 heterocycles. The van der Waals surface area contributed by atoms with E-state index in [0.717, 1.165) is 23.3 Å². The van der Waals surface area contributed by atoms with Crippen LogP contribution in [-0.4, -0.2) is 39.8 Å². The van der Waals surface area contributed by atoms with E-state index >= 15 is 0 Å². The van der Waals surface area contributed by atoms with E-state index in [-0.39, 0.29) is 36.7 Å². The number of imide groups is 1. The second-order valence-corrected chi connectivity index (χ2v) is 7.80. The van der Waals surface area contributed by atoms with Crippen molar-refractivity contribution >= 4 is 17.7 Å². The second kappa shape index (κ2) is 8.15. The molecule has 1 aliphatic carbocycles. The van der Waals surface area contributed by atoms with Crippen LogP contribution in [0.5, 0.6) is 0 Å². The molecule has 1 aromatic carbocycles. The summed E-state index contributed by atoms with van der Waals surface area (Å²) in [5.74, 6) is -0.838. The summed E-state index contributed by atoms with van der Waals surface area (Å²) < 4.78 is 1.56. The maximum Gasteiger partial charge on any atom is 0.261 e. The Kier molecular flexibility index (Phi) is 5.43. The van der Waals surface area contributed by atoms with Crippen LogP contribution in [0.25, 0.3) is 0 Å². The lowest BCUT2D eigenvalue weighted by Crippen LogP contribution is -2.35. The molecule has 1 aliphatic heterocycles. The molecule has 0 radical (unpaired) electrons. The van der Waals surface area contributed by atoms with Crippen LogP contribution < -0.4 is 5.49 Å². The highest BCUT2D eigenvalue weighted by molar-refractivity contribution is 6.21. The average Bonchev–Trinajstić information content (AvgIpc) is 2.97. The first-order valence-electron chi connectivity index (χ1n) is 10.3. The monoisotopic (exact) mass is 391 g/mol. The number of rotatable bonds is 4. The van der Waals surface area contributed by atoms with Crippen LogP contribution in [-0.2, 0) is 0 Å². The number of carbonyl (C=O) groups excluding carboxylic acids is 3. The largest absolute Gasteiger partial charge is 0.274 e. The molecule has 1 aromatic heterocycles. The van der Waals surface area contributed by atoms with Gasteiger partial charge in [0.25, 0.3) is 11.8 Å². The highest BCUT2D eigenvalue weighted by Gasteiger charge is 2.35. The summed E-state index contributed by atoms with van der Waals surface area (Å²) in [5.41, 5.74) is 2.51. The molecule has 0 unspecified atom stereocenters. The SMILES string of the molecule is Cc1ccn(C(=O)CCN2C(=O)c3ccccc3C2=O)c(=NC2CCCCC2)c1. The standard InChI is InChI=1S/C23H25N3O3/c1-16-11-13-25(20(15-16)24-17-7-3-2-4-8-17)21(27)12-14-26-22(28)18-9-5-6-10-19(18)23(26)29/h5-6,9-11,13,15,17H,2-4,7-8,12,14H2,1H3. The van der Waals surface area contributed by atoms with Gasteiger partial charge in [0.2, 0.25) is 5.91 Å². The van der Waals surface area contributed by atoms with E-state index in [4.69, 9.17) is 4.99 Å². The van der Waals surface area contributed by atoms with Crippen molar-refractivity contribution in [3.8, 4) is 0 Å². The predicted octanol–water partition coefficient (Wildman–Crippen LogP) is 3.36. The van der Waals surface area contributed by atoms with Crippen LogP contribution in [0, 0.1) is 6.92 Å². The summed E-state index contributed by atoms with van der Waals surface area (Å²) >= 11 is 0. The number of nitrogens with zero attached hydrogens (tertiary/aromatic N) is 3. The number of hydrogen-bond donors (Lipinski definition) is 0. The van der Waals surface area contributed by atoms with Gasteiger partial charge in [-0.1, -0.05) is 31.4 Å². The Morgan fingerprint density at radius 2 is 1.69 bits per heavy atom. The molecule has 2 amide bonds. The lowest BCUT2D eigenvalue weighted by Gasteiger charge is -2.18. The topological polar surface area (TPSA) is 71.7 Å². The van der Waals surface area contributed by atoms with Gasteiger partial charge in [0.15, 0.2) is 0 Å². The van der Waals surface area contributed by atoms with Crippen molar-refractivity contribution in [2.45, 2.75) is 51.5 Å². The minimum atomic E-state index is -0.334. The second-order valence-electron chi connectivity index (χ2n) is 7.80. The van der Waals surface area contributed by atoms with Crippen molar-refractivity contribution in [1.82, 2.24) is 9.47 Å². The van der Waals surface area contributed by atoms with E-state index in [1.165, 1.54) is 19.3 Å². The smallest absolute Gasteiger partial charge is 0.261 e. The number of fused-ring (bicyclic) bond motifs is 1. The summed E-state index contributed by atoms with van der Waals surface area (Å²) in [6, 6.07) is 10.8. The van der Waals surface area contributed by atoms with E-state index < -0.39 is 0 Å². The van der Waals surface area contributed by atoms with Gasteiger partial charge in [-0.15, -0.1) is 0 Å². The Balaban J connectivity index is 1.52. The van der Waals surface area contributed by atoms with Crippen LogP contribution in [0.3, 0.4) is 0 Å². The van der Waals surface area contributed by atoms with Crippen LogP contribution in [0.4, 0.5) is 0 Å². The molecule has 0 N–H and O–H groups in total. The third-order valence-corrected chi connectivity index (χ3v) is 5.68. The van der Waals surface area contributed by atoms with Gasteiger partial charge in [0.05, 0.1) is 17.2 Å². The summed E-state index contributed by atoms with van der Waals surface area (Å²) in [6.07, 6.45) is 7.50. The third kappa shape index (κ3) is 3.92. The van der Waals surface area contributed by atoms with E-state index in [1.54, 1.807) is 35.0 Å². The fourth-order valence-corrected chi connectivity index (χ4v) is 4.07. The molecule has 0 saturated heterocycles. The molecular formula is C23H25N3O3. The highest BCUT2D eigenvalue weighted by Crippen LogP contribution is 2.22. The normalized spacial score (nSPS) is 17.7. The van der Waals surface area contributed by atoms with Gasteiger partial charge < -0.3 is 0 Å². The molecule has 2 aliphatic rings. The predicted molar refractivity (Wildman–Crippen MR) is 109 cm³/mol. The fraction of sp³-hybridized carbons (Fsp3) is 0.391. The zero-order valence-corrected chi connectivity index (χ0v) is 16.6. The number of amides is 2. The van der Waals surface area contributed by atoms with Crippen LogP contribution >= 0.6 is 0 Å². The van der Waals surface area contributed by atoms with E-state index in [2.05, 4.69) is 0 Å². The van der Waals surface area contributed by atoms with Crippen molar-refractivity contribution in [3.63, 3.8) is 0 Å². The third-order valence-electron chi connectivity index (χ3n) is 5.68. The lowest BCUT2D eigenvalue weighted by atomic mass is 9.96. The molecule has 29 heavy (non-hydrogen) atoms. The number of pyridine rings is 1. The van der Waals surface area contributed by atoms with E-state index in [1.807, 2.05) is 19.1 Å². The summed E-state index contributed by atoms with van der Waals surface area (Å²) in [7, 11) is 0. The first kappa shape index (κ1) is 19.3. The fourth-order valence-electron chi connectivity index (χ4n) is 4.07. The Hall–Kier alpha value is -3.02. The molecule has 4 rings (SSSR count). The van der Waals surface area contributed by atoms with Gasteiger partial charge in [-0.25, -0.2) is 0 Å². The molecule has 6 nitrogen and oxygen atoms in total. The first-order chi connectivity index (χ1) is 14.0. The molecule has 150 valence electrons. The minimum Gasteiger partial charge on any atom is -0.274 e. The Morgan fingerprint density at radius 3 is 2.34 bits per heavy atom. The van der Waals surface area contributed by atoms with Crippen molar-refractivity contribution in [2.75, 3.05) is 6.54 Å². The molecule has 0 bridgehead atoms. The van der Waals surface area contributed by atoms with Crippen molar-refractivity contribution in [3.05, 3.63) is 64.8 Å². The molecule has 6 heteroatoms.